The quantitative estimate of drug-likeness (QED) is 0.478. The highest BCUT2D eigenvalue weighted by atomic mass is 19.4. The van der Waals surface area contributed by atoms with Crippen LogP contribution in [0.4, 0.5) is 24.5 Å². The molecule has 1 aromatic carbocycles. The van der Waals surface area contributed by atoms with Crippen molar-refractivity contribution in [2.45, 2.75) is 13.1 Å². The van der Waals surface area contributed by atoms with Crippen molar-refractivity contribution < 1.29 is 22.4 Å². The molecule has 4 aromatic rings. The smallest absolute Gasteiger partial charge is 0.405 e. The Labute approximate surface area is 174 Å². The number of benzene rings is 1. The van der Waals surface area contributed by atoms with Gasteiger partial charge in [-0.05, 0) is 37.3 Å². The number of hydrogen-bond acceptors (Lipinski definition) is 5. The molecule has 31 heavy (non-hydrogen) atoms. The van der Waals surface area contributed by atoms with Gasteiger partial charge in [0.05, 0.1) is 34.3 Å². The Balaban J connectivity index is 1.74. The van der Waals surface area contributed by atoms with E-state index in [9.17, 15) is 18.0 Å². The van der Waals surface area contributed by atoms with Crippen molar-refractivity contribution in [1.82, 2.24) is 14.8 Å². The van der Waals surface area contributed by atoms with Gasteiger partial charge in [0.25, 0.3) is 5.91 Å². The molecule has 7 nitrogen and oxygen atoms in total. The van der Waals surface area contributed by atoms with Gasteiger partial charge in [0, 0.05) is 7.05 Å². The number of anilines is 2. The first-order valence-corrected chi connectivity index (χ1v) is 9.32. The SMILES string of the molecule is Cc1nn(C)c2nc(-c3ccco3)cc(C(=O)Nc3ccccc3NCC(F)(F)F)c12. The molecule has 0 fully saturated rings. The number of aromatic nitrogens is 3. The van der Waals surface area contributed by atoms with E-state index in [0.717, 1.165) is 0 Å². The first-order valence-electron chi connectivity index (χ1n) is 9.32. The van der Waals surface area contributed by atoms with Crippen LogP contribution in [0.2, 0.25) is 0 Å². The van der Waals surface area contributed by atoms with Crippen LogP contribution < -0.4 is 10.6 Å². The topological polar surface area (TPSA) is 85.0 Å². The highest BCUT2D eigenvalue weighted by molar-refractivity contribution is 6.14. The average Bonchev–Trinajstić information content (AvgIpc) is 3.35. The number of pyridine rings is 1. The lowest BCUT2D eigenvalue weighted by Gasteiger charge is -2.15. The summed E-state index contributed by atoms with van der Waals surface area (Å²) in [6.07, 6.45) is -2.89. The number of alkyl halides is 3. The molecular formula is C21H18F3N5O2. The van der Waals surface area contributed by atoms with Crippen LogP contribution in [0.5, 0.6) is 0 Å². The molecule has 3 aromatic heterocycles. The predicted molar refractivity (Wildman–Crippen MR) is 110 cm³/mol. The molecule has 0 saturated heterocycles. The van der Waals surface area contributed by atoms with Crippen molar-refractivity contribution in [3.63, 3.8) is 0 Å². The van der Waals surface area contributed by atoms with Gasteiger partial charge >= 0.3 is 6.18 Å². The minimum Gasteiger partial charge on any atom is -0.463 e. The minimum atomic E-state index is -4.39. The Morgan fingerprint density at radius 2 is 1.90 bits per heavy atom. The molecule has 0 aliphatic carbocycles. The van der Waals surface area contributed by atoms with Gasteiger partial charge in [-0.25, -0.2) is 4.98 Å². The first-order chi connectivity index (χ1) is 14.7. The summed E-state index contributed by atoms with van der Waals surface area (Å²) >= 11 is 0. The van der Waals surface area contributed by atoms with Crippen molar-refractivity contribution in [3.8, 4) is 11.5 Å². The Kier molecular flexibility index (Phi) is 5.14. The summed E-state index contributed by atoms with van der Waals surface area (Å²) in [6.45, 7) is 0.538. The highest BCUT2D eigenvalue weighted by Gasteiger charge is 2.27. The van der Waals surface area contributed by atoms with Gasteiger partial charge in [-0.15, -0.1) is 0 Å². The lowest BCUT2D eigenvalue weighted by molar-refractivity contribution is -0.115. The summed E-state index contributed by atoms with van der Waals surface area (Å²) < 4.78 is 44.9. The Morgan fingerprint density at radius 3 is 2.58 bits per heavy atom. The Morgan fingerprint density at radius 1 is 1.16 bits per heavy atom. The number of halogens is 3. The normalized spacial score (nSPS) is 11.6. The fourth-order valence-electron chi connectivity index (χ4n) is 3.31. The van der Waals surface area contributed by atoms with Crippen molar-refractivity contribution >= 4 is 28.3 Å². The van der Waals surface area contributed by atoms with Crippen molar-refractivity contribution in [3.05, 3.63) is 60.0 Å². The van der Waals surface area contributed by atoms with E-state index in [4.69, 9.17) is 4.42 Å². The zero-order valence-electron chi connectivity index (χ0n) is 16.6. The van der Waals surface area contributed by atoms with Gasteiger partial charge in [0.15, 0.2) is 11.4 Å². The number of nitrogens with zero attached hydrogens (tertiary/aromatic N) is 3. The molecule has 10 heteroatoms. The molecule has 0 saturated carbocycles. The second-order valence-electron chi connectivity index (χ2n) is 6.91. The third-order valence-electron chi connectivity index (χ3n) is 4.64. The predicted octanol–water partition coefficient (Wildman–Crippen LogP) is 4.76. The molecule has 0 radical (unpaired) electrons. The highest BCUT2D eigenvalue weighted by Crippen LogP contribution is 2.29. The number of furan rings is 1. The summed E-state index contributed by atoms with van der Waals surface area (Å²) in [5.74, 6) is -0.0281. The third kappa shape index (κ3) is 4.23. The second-order valence-corrected chi connectivity index (χ2v) is 6.91. The summed E-state index contributed by atoms with van der Waals surface area (Å²) in [4.78, 5) is 17.8. The van der Waals surface area contributed by atoms with Gasteiger partial charge in [0.2, 0.25) is 0 Å². The monoisotopic (exact) mass is 429 g/mol. The van der Waals surface area contributed by atoms with E-state index in [-0.39, 0.29) is 16.9 Å². The van der Waals surface area contributed by atoms with E-state index in [1.807, 2.05) is 0 Å². The molecule has 0 spiro atoms. The van der Waals surface area contributed by atoms with E-state index in [0.29, 0.717) is 28.2 Å². The molecule has 4 rings (SSSR count). The molecule has 0 aliphatic heterocycles. The number of aryl methyl sites for hydroxylation is 2. The number of para-hydroxylation sites is 2. The van der Waals surface area contributed by atoms with Crippen LogP contribution in [0.1, 0.15) is 16.1 Å². The molecule has 3 heterocycles. The van der Waals surface area contributed by atoms with Gasteiger partial charge in [-0.3, -0.25) is 9.48 Å². The molecule has 0 atom stereocenters. The van der Waals surface area contributed by atoms with Crippen LogP contribution >= 0.6 is 0 Å². The van der Waals surface area contributed by atoms with E-state index < -0.39 is 18.6 Å². The van der Waals surface area contributed by atoms with Crippen molar-refractivity contribution in [1.29, 1.82) is 0 Å². The molecule has 2 N–H and O–H groups in total. The van der Waals surface area contributed by atoms with Crippen LogP contribution in [0, 0.1) is 6.92 Å². The maximum absolute atomic E-state index is 13.2. The number of nitrogens with one attached hydrogen (secondary N) is 2. The Hall–Kier alpha value is -3.82. The van der Waals surface area contributed by atoms with Crippen LogP contribution in [-0.2, 0) is 7.05 Å². The Bertz CT molecular complexity index is 1250. The standard InChI is InChI=1S/C21H18F3N5O2/c1-12-18-13(10-16(17-8-5-9-31-17)26-19(18)29(2)28-12)20(30)27-15-7-4-3-6-14(15)25-11-21(22,23)24/h3-10,25H,11H2,1-2H3,(H,27,30). The van der Waals surface area contributed by atoms with Crippen LogP contribution in [0.3, 0.4) is 0 Å². The summed E-state index contributed by atoms with van der Waals surface area (Å²) in [5, 5.41) is 9.91. The third-order valence-corrected chi connectivity index (χ3v) is 4.64. The van der Waals surface area contributed by atoms with Gasteiger partial charge in [-0.1, -0.05) is 12.1 Å². The maximum Gasteiger partial charge on any atom is 0.405 e. The lowest BCUT2D eigenvalue weighted by atomic mass is 10.1. The molecular weight excluding hydrogens is 411 g/mol. The lowest BCUT2D eigenvalue weighted by Crippen LogP contribution is -2.22. The zero-order valence-corrected chi connectivity index (χ0v) is 16.6. The fourth-order valence-corrected chi connectivity index (χ4v) is 3.31. The van der Waals surface area contributed by atoms with E-state index in [1.165, 1.54) is 18.4 Å². The zero-order chi connectivity index (χ0) is 22.2. The van der Waals surface area contributed by atoms with Gasteiger partial charge < -0.3 is 15.1 Å². The van der Waals surface area contributed by atoms with Crippen LogP contribution in [0.15, 0.2) is 53.1 Å². The number of fused-ring (bicyclic) bond motifs is 1. The summed E-state index contributed by atoms with van der Waals surface area (Å²) in [7, 11) is 1.71. The van der Waals surface area contributed by atoms with Crippen LogP contribution in [0.25, 0.3) is 22.5 Å². The summed E-state index contributed by atoms with van der Waals surface area (Å²) in [6, 6.07) is 11.2. The summed E-state index contributed by atoms with van der Waals surface area (Å²) in [5.41, 5.74) is 2.20. The number of amides is 1. The largest absolute Gasteiger partial charge is 0.463 e. The molecule has 160 valence electrons. The number of carbonyl (C=O) groups excluding carboxylic acids is 1. The van der Waals surface area contributed by atoms with E-state index in [2.05, 4.69) is 20.7 Å². The molecule has 0 unspecified atom stereocenters. The van der Waals surface area contributed by atoms with Crippen molar-refractivity contribution in [2.24, 2.45) is 7.05 Å². The first kappa shape index (κ1) is 20.5. The maximum atomic E-state index is 13.2. The average molecular weight is 429 g/mol. The minimum absolute atomic E-state index is 0.160. The van der Waals surface area contributed by atoms with E-state index >= 15 is 0 Å². The van der Waals surface area contributed by atoms with E-state index in [1.54, 1.807) is 49.0 Å². The molecule has 0 aliphatic rings. The van der Waals surface area contributed by atoms with Gasteiger partial charge in [-0.2, -0.15) is 18.3 Å². The van der Waals surface area contributed by atoms with Gasteiger partial charge in [0.1, 0.15) is 12.2 Å². The fraction of sp³-hybridized carbons (Fsp3) is 0.190. The molecule has 1 amide bonds. The van der Waals surface area contributed by atoms with Crippen molar-refractivity contribution in [2.75, 3.05) is 17.2 Å². The molecule has 0 bridgehead atoms. The number of hydrogen-bond donors (Lipinski definition) is 2. The van der Waals surface area contributed by atoms with Crippen LogP contribution in [-0.4, -0.2) is 33.4 Å². The second kappa shape index (κ2) is 7.78. The number of rotatable bonds is 5. The number of carbonyl (C=O) groups is 1.